The molecule has 0 atom stereocenters. The molecule has 0 aromatic heterocycles. The van der Waals surface area contributed by atoms with Crippen LogP contribution in [0.3, 0.4) is 0 Å². The molecule has 0 bridgehead atoms. The summed E-state index contributed by atoms with van der Waals surface area (Å²) in [6, 6.07) is 27.4. The average Bonchev–Trinajstić information content (AvgIpc) is 2.64. The third kappa shape index (κ3) is 3.17. The fraction of sp³-hybridized carbons (Fsp3) is 0. The summed E-state index contributed by atoms with van der Waals surface area (Å²) in [4.78, 5) is 0.352. The van der Waals surface area contributed by atoms with Gasteiger partial charge in [-0.05, 0) is 30.2 Å². The molecule has 0 unspecified atom stereocenters. The number of hydrogen-bond donors (Lipinski definition) is 0. The van der Waals surface area contributed by atoms with E-state index in [0.29, 0.717) is 5.57 Å². The number of rotatable bonds is 4. The molecule has 3 heteroatoms. The van der Waals surface area contributed by atoms with Gasteiger partial charge in [-0.2, -0.15) is 0 Å². The van der Waals surface area contributed by atoms with E-state index < -0.39 is 9.84 Å². The first kappa shape index (κ1) is 16.2. The summed E-state index contributed by atoms with van der Waals surface area (Å²) < 4.78 is 26.0. The lowest BCUT2D eigenvalue weighted by Gasteiger charge is -2.14. The quantitative estimate of drug-likeness (QED) is 0.690. The molecule has 2 nitrogen and oxygen atoms in total. The molecule has 0 aliphatic carbocycles. The molecule has 0 fully saturated rings. The Morgan fingerprint density at radius 2 is 1.00 bits per heavy atom. The van der Waals surface area contributed by atoms with Crippen LogP contribution in [0.1, 0.15) is 11.1 Å². The van der Waals surface area contributed by atoms with Crippen molar-refractivity contribution in [1.29, 1.82) is 0 Å². The van der Waals surface area contributed by atoms with Crippen LogP contribution in [-0.2, 0) is 9.84 Å². The van der Waals surface area contributed by atoms with E-state index in [-0.39, 0.29) is 9.80 Å². The second-order valence-corrected chi connectivity index (χ2v) is 7.32. The zero-order valence-electron chi connectivity index (χ0n) is 13.1. The van der Waals surface area contributed by atoms with E-state index in [0.717, 1.165) is 11.1 Å². The van der Waals surface area contributed by atoms with E-state index >= 15 is 0 Å². The Labute approximate surface area is 143 Å². The van der Waals surface area contributed by atoms with E-state index in [4.69, 9.17) is 0 Å². The third-order valence-corrected chi connectivity index (χ3v) is 5.53. The number of sulfone groups is 1. The van der Waals surface area contributed by atoms with Gasteiger partial charge in [0.2, 0.25) is 9.84 Å². The van der Waals surface area contributed by atoms with Crippen molar-refractivity contribution in [1.82, 2.24) is 0 Å². The normalized spacial score (nSPS) is 11.0. The maximum Gasteiger partial charge on any atom is 0.203 e. The van der Waals surface area contributed by atoms with Crippen molar-refractivity contribution in [3.05, 3.63) is 114 Å². The van der Waals surface area contributed by atoms with Crippen LogP contribution in [0.2, 0.25) is 0 Å². The number of hydrogen-bond acceptors (Lipinski definition) is 2. The first-order chi connectivity index (χ1) is 11.6. The van der Waals surface area contributed by atoms with Gasteiger partial charge >= 0.3 is 0 Å². The van der Waals surface area contributed by atoms with Crippen LogP contribution in [0.5, 0.6) is 0 Å². The highest BCUT2D eigenvalue weighted by atomic mass is 32.2. The molecule has 3 aromatic rings. The van der Waals surface area contributed by atoms with Gasteiger partial charge in [-0.3, -0.25) is 0 Å². The van der Waals surface area contributed by atoms with Crippen molar-refractivity contribution in [2.24, 2.45) is 0 Å². The first-order valence-corrected chi connectivity index (χ1v) is 9.06. The van der Waals surface area contributed by atoms with Crippen molar-refractivity contribution < 1.29 is 8.42 Å². The summed E-state index contributed by atoms with van der Waals surface area (Å²) in [6.45, 7) is 3.93. The maximum atomic E-state index is 13.0. The molecule has 0 aliphatic rings. The van der Waals surface area contributed by atoms with E-state index in [1.54, 1.807) is 30.3 Å². The lowest BCUT2D eigenvalue weighted by molar-refractivity contribution is 0.603. The topological polar surface area (TPSA) is 34.1 Å². The van der Waals surface area contributed by atoms with Crippen LogP contribution in [0.25, 0.3) is 5.57 Å². The van der Waals surface area contributed by atoms with Crippen LogP contribution in [-0.4, -0.2) is 8.42 Å². The summed E-state index contributed by atoms with van der Waals surface area (Å²) in [5, 5.41) is 0. The predicted octanol–water partition coefficient (Wildman–Crippen LogP) is 4.75. The van der Waals surface area contributed by atoms with Gasteiger partial charge < -0.3 is 0 Å². The standard InChI is InChI=1S/C21H17O2S/c1-17(24(22,23)20-15-9-4-10-16-20)21(18-11-5-2-6-12-18)19-13-7-3-8-14-19/h2-16H,1H2. The summed E-state index contributed by atoms with van der Waals surface area (Å²) in [5.74, 6) is 0. The summed E-state index contributed by atoms with van der Waals surface area (Å²) in [7, 11) is -3.67. The Hall–Kier alpha value is -2.65. The van der Waals surface area contributed by atoms with Crippen molar-refractivity contribution in [2.45, 2.75) is 4.90 Å². The predicted molar refractivity (Wildman–Crippen MR) is 97.9 cm³/mol. The van der Waals surface area contributed by atoms with E-state index in [1.165, 1.54) is 0 Å². The van der Waals surface area contributed by atoms with Crippen molar-refractivity contribution in [3.63, 3.8) is 0 Å². The molecule has 0 aliphatic heterocycles. The highest BCUT2D eigenvalue weighted by Crippen LogP contribution is 2.31. The van der Waals surface area contributed by atoms with Crippen molar-refractivity contribution >= 4 is 15.4 Å². The van der Waals surface area contributed by atoms with Crippen LogP contribution in [0, 0.1) is 6.92 Å². The molecule has 0 saturated heterocycles. The largest absolute Gasteiger partial charge is 0.219 e. The Kier molecular flexibility index (Phi) is 4.63. The van der Waals surface area contributed by atoms with Crippen LogP contribution < -0.4 is 0 Å². The molecular weight excluding hydrogens is 316 g/mol. The fourth-order valence-electron chi connectivity index (χ4n) is 2.57. The molecule has 0 amide bonds. The summed E-state index contributed by atoms with van der Waals surface area (Å²) in [5.41, 5.74) is 2.28. The summed E-state index contributed by atoms with van der Waals surface area (Å²) in [6.07, 6.45) is 0. The van der Waals surface area contributed by atoms with Crippen molar-refractivity contribution in [3.8, 4) is 0 Å². The molecule has 0 N–H and O–H groups in total. The molecule has 1 radical (unpaired) electrons. The summed E-state index contributed by atoms with van der Waals surface area (Å²) >= 11 is 0. The maximum absolute atomic E-state index is 13.0. The highest BCUT2D eigenvalue weighted by molar-refractivity contribution is 7.95. The van der Waals surface area contributed by atoms with E-state index in [1.807, 2.05) is 60.7 Å². The molecular formula is C21H17O2S. The highest BCUT2D eigenvalue weighted by Gasteiger charge is 2.22. The van der Waals surface area contributed by atoms with Gasteiger partial charge in [0.1, 0.15) is 0 Å². The SMILES string of the molecule is [CH2]C(=C(c1ccccc1)c1ccccc1)S(=O)(=O)c1ccccc1. The van der Waals surface area contributed by atoms with Gasteiger partial charge in [-0.15, -0.1) is 0 Å². The molecule has 3 aromatic carbocycles. The molecule has 0 saturated carbocycles. The average molecular weight is 333 g/mol. The van der Waals surface area contributed by atoms with Gasteiger partial charge in [-0.1, -0.05) is 78.9 Å². The lowest BCUT2D eigenvalue weighted by Crippen LogP contribution is -2.06. The first-order valence-electron chi connectivity index (χ1n) is 7.58. The van der Waals surface area contributed by atoms with Gasteiger partial charge in [-0.25, -0.2) is 8.42 Å². The molecule has 3 rings (SSSR count). The zero-order valence-corrected chi connectivity index (χ0v) is 13.9. The second-order valence-electron chi connectivity index (χ2n) is 5.35. The Morgan fingerprint density at radius 3 is 1.42 bits per heavy atom. The van der Waals surface area contributed by atoms with Gasteiger partial charge in [0.25, 0.3) is 0 Å². The second kappa shape index (κ2) is 6.85. The van der Waals surface area contributed by atoms with Crippen LogP contribution >= 0.6 is 0 Å². The van der Waals surface area contributed by atoms with Gasteiger partial charge in [0, 0.05) is 5.57 Å². The van der Waals surface area contributed by atoms with Gasteiger partial charge in [0.05, 0.1) is 9.80 Å². The van der Waals surface area contributed by atoms with Crippen molar-refractivity contribution in [2.75, 3.05) is 0 Å². The molecule has 0 heterocycles. The number of benzene rings is 3. The minimum absolute atomic E-state index is 0.103. The minimum Gasteiger partial charge on any atom is -0.219 e. The van der Waals surface area contributed by atoms with Crippen LogP contribution in [0.4, 0.5) is 0 Å². The molecule has 119 valence electrons. The zero-order chi connectivity index (χ0) is 17.0. The smallest absolute Gasteiger partial charge is 0.203 e. The van der Waals surface area contributed by atoms with Crippen LogP contribution in [0.15, 0.2) is 101 Å². The number of allylic oxidation sites excluding steroid dienone is 1. The van der Waals surface area contributed by atoms with E-state index in [9.17, 15) is 8.42 Å². The molecule has 0 spiro atoms. The Bertz CT molecular complexity index is 901. The fourth-order valence-corrected chi connectivity index (χ4v) is 3.88. The van der Waals surface area contributed by atoms with E-state index in [2.05, 4.69) is 6.92 Å². The Balaban J connectivity index is 2.27. The monoisotopic (exact) mass is 333 g/mol. The lowest BCUT2D eigenvalue weighted by atomic mass is 9.98. The molecule has 24 heavy (non-hydrogen) atoms. The third-order valence-electron chi connectivity index (χ3n) is 3.78. The van der Waals surface area contributed by atoms with Gasteiger partial charge in [0.15, 0.2) is 0 Å². The Morgan fingerprint density at radius 1 is 0.625 bits per heavy atom. The minimum atomic E-state index is -3.67.